The lowest BCUT2D eigenvalue weighted by Crippen LogP contribution is -2.26. The van der Waals surface area contributed by atoms with E-state index in [1.165, 1.54) is 0 Å². The molecule has 0 saturated carbocycles. The van der Waals surface area contributed by atoms with E-state index in [4.69, 9.17) is 30.3 Å². The van der Waals surface area contributed by atoms with Gasteiger partial charge in [0.15, 0.2) is 12.7 Å². The molecule has 0 spiro atoms. The zero-order valence-electron chi connectivity index (χ0n) is 15.6. The van der Waals surface area contributed by atoms with Crippen LogP contribution in [0.15, 0.2) is 47.0 Å². The maximum absolute atomic E-state index is 12.2. The highest BCUT2D eigenvalue weighted by atomic mass is 35.5. The van der Waals surface area contributed by atoms with Crippen LogP contribution >= 0.6 is 11.6 Å². The van der Waals surface area contributed by atoms with Crippen molar-refractivity contribution in [1.82, 2.24) is 10.1 Å². The van der Waals surface area contributed by atoms with Crippen LogP contribution in [0.2, 0.25) is 5.02 Å². The molecular formula is C20H19ClN2O5. The zero-order valence-corrected chi connectivity index (χ0v) is 16.4. The summed E-state index contributed by atoms with van der Waals surface area (Å²) in [5, 5.41) is 4.49. The predicted octanol–water partition coefficient (Wildman–Crippen LogP) is 4.22. The summed E-state index contributed by atoms with van der Waals surface area (Å²) in [5.74, 6) is 1.34. The van der Waals surface area contributed by atoms with Crippen molar-refractivity contribution in [3.8, 4) is 22.9 Å². The van der Waals surface area contributed by atoms with Crippen LogP contribution in [0.3, 0.4) is 0 Å². The molecule has 146 valence electrons. The van der Waals surface area contributed by atoms with Gasteiger partial charge in [-0.3, -0.25) is 0 Å². The van der Waals surface area contributed by atoms with Crippen LogP contribution in [0.25, 0.3) is 11.4 Å². The molecule has 1 aromatic heterocycles. The molecule has 8 heteroatoms. The molecule has 0 radical (unpaired) electrons. The molecule has 0 bridgehead atoms. The molecule has 3 rings (SSSR count). The van der Waals surface area contributed by atoms with Crippen LogP contribution < -0.4 is 9.47 Å². The normalized spacial score (nSPS) is 11.7. The van der Waals surface area contributed by atoms with E-state index < -0.39 is 12.1 Å². The van der Waals surface area contributed by atoms with Crippen LogP contribution in [-0.2, 0) is 16.1 Å². The van der Waals surface area contributed by atoms with E-state index >= 15 is 0 Å². The van der Waals surface area contributed by atoms with Crippen molar-refractivity contribution < 1.29 is 23.5 Å². The van der Waals surface area contributed by atoms with Crippen molar-refractivity contribution in [1.29, 1.82) is 0 Å². The zero-order chi connectivity index (χ0) is 20.1. The third kappa shape index (κ3) is 4.80. The van der Waals surface area contributed by atoms with Gasteiger partial charge in [-0.1, -0.05) is 16.8 Å². The van der Waals surface area contributed by atoms with E-state index in [9.17, 15) is 4.79 Å². The van der Waals surface area contributed by atoms with Crippen LogP contribution in [-0.4, -0.2) is 29.3 Å². The second kappa shape index (κ2) is 8.75. The van der Waals surface area contributed by atoms with Crippen molar-refractivity contribution in [2.45, 2.75) is 26.6 Å². The van der Waals surface area contributed by atoms with Gasteiger partial charge in [0.2, 0.25) is 5.82 Å². The Hall–Kier alpha value is -3.06. The minimum Gasteiger partial charge on any atom is -0.497 e. The van der Waals surface area contributed by atoms with Gasteiger partial charge in [-0.05, 0) is 61.9 Å². The van der Waals surface area contributed by atoms with E-state index in [-0.39, 0.29) is 12.5 Å². The van der Waals surface area contributed by atoms with Gasteiger partial charge in [-0.25, -0.2) is 4.79 Å². The average molecular weight is 403 g/mol. The number of benzene rings is 2. The maximum Gasteiger partial charge on any atom is 0.347 e. The Balaban J connectivity index is 1.56. The van der Waals surface area contributed by atoms with Crippen LogP contribution in [0.5, 0.6) is 11.5 Å². The lowest BCUT2D eigenvalue weighted by molar-refractivity contribution is -0.153. The maximum atomic E-state index is 12.2. The molecule has 0 aliphatic carbocycles. The summed E-state index contributed by atoms with van der Waals surface area (Å²) in [7, 11) is 1.59. The molecule has 1 unspecified atom stereocenters. The first-order chi connectivity index (χ1) is 13.5. The molecule has 28 heavy (non-hydrogen) atoms. The molecule has 0 amide bonds. The monoisotopic (exact) mass is 402 g/mol. The molecule has 0 aliphatic heterocycles. The lowest BCUT2D eigenvalue weighted by atomic mass is 10.2. The smallest absolute Gasteiger partial charge is 0.347 e. The number of nitrogens with zero attached hydrogens (tertiary/aromatic N) is 2. The first kappa shape index (κ1) is 19.7. The standard InChI is InChI=1S/C20H19ClN2O5/c1-12-10-15(21)6-9-17(12)27-13(2)20(24)26-11-18-22-19(23-28-18)14-4-7-16(25-3)8-5-14/h4-10,13H,11H2,1-3H3. The van der Waals surface area contributed by atoms with Crippen molar-refractivity contribution in [3.05, 3.63) is 58.9 Å². The Bertz CT molecular complexity index is 955. The van der Waals surface area contributed by atoms with Gasteiger partial charge >= 0.3 is 5.97 Å². The molecule has 3 aromatic rings. The topological polar surface area (TPSA) is 83.7 Å². The molecule has 0 aliphatic rings. The third-order valence-electron chi connectivity index (χ3n) is 3.93. The van der Waals surface area contributed by atoms with Gasteiger partial charge in [-0.15, -0.1) is 0 Å². The minimum absolute atomic E-state index is 0.144. The summed E-state index contributed by atoms with van der Waals surface area (Å²) in [6.45, 7) is 3.31. The van der Waals surface area contributed by atoms with Crippen molar-refractivity contribution in [2.75, 3.05) is 7.11 Å². The van der Waals surface area contributed by atoms with Crippen molar-refractivity contribution >= 4 is 17.6 Å². The molecule has 0 N–H and O–H groups in total. The van der Waals surface area contributed by atoms with Crippen LogP contribution in [0, 0.1) is 6.92 Å². The Morgan fingerprint density at radius 3 is 2.64 bits per heavy atom. The first-order valence-corrected chi connectivity index (χ1v) is 8.90. The van der Waals surface area contributed by atoms with Crippen molar-refractivity contribution in [2.24, 2.45) is 0 Å². The van der Waals surface area contributed by atoms with Gasteiger partial charge in [0.1, 0.15) is 11.5 Å². The minimum atomic E-state index is -0.802. The first-order valence-electron chi connectivity index (χ1n) is 8.52. The Morgan fingerprint density at radius 1 is 1.21 bits per heavy atom. The predicted molar refractivity (Wildman–Crippen MR) is 102 cm³/mol. The van der Waals surface area contributed by atoms with Gasteiger partial charge in [0, 0.05) is 10.6 Å². The van der Waals surface area contributed by atoms with Gasteiger partial charge in [0.05, 0.1) is 7.11 Å². The highest BCUT2D eigenvalue weighted by Gasteiger charge is 2.19. The number of hydrogen-bond donors (Lipinski definition) is 0. The summed E-state index contributed by atoms with van der Waals surface area (Å²) < 4.78 is 21.1. The quantitative estimate of drug-likeness (QED) is 0.547. The average Bonchev–Trinajstić information content (AvgIpc) is 3.17. The van der Waals surface area contributed by atoms with Crippen LogP contribution in [0.1, 0.15) is 18.4 Å². The SMILES string of the molecule is COc1ccc(-c2noc(COC(=O)C(C)Oc3ccc(Cl)cc3C)n2)cc1. The van der Waals surface area contributed by atoms with E-state index in [0.29, 0.717) is 16.6 Å². The van der Waals surface area contributed by atoms with Gasteiger partial charge in [0.25, 0.3) is 5.89 Å². The number of halogens is 1. The Labute approximate surface area is 167 Å². The van der Waals surface area contributed by atoms with E-state index in [1.807, 2.05) is 19.1 Å². The lowest BCUT2D eigenvalue weighted by Gasteiger charge is -2.15. The number of aryl methyl sites for hydroxylation is 1. The number of methoxy groups -OCH3 is 1. The molecular weight excluding hydrogens is 384 g/mol. The number of esters is 1. The fraction of sp³-hybridized carbons (Fsp3) is 0.250. The molecule has 0 saturated heterocycles. The van der Waals surface area contributed by atoms with Crippen molar-refractivity contribution in [3.63, 3.8) is 0 Å². The summed E-state index contributed by atoms with van der Waals surface area (Å²) in [5.41, 5.74) is 1.59. The molecule has 7 nitrogen and oxygen atoms in total. The van der Waals surface area contributed by atoms with E-state index in [2.05, 4.69) is 10.1 Å². The number of hydrogen-bond acceptors (Lipinski definition) is 7. The van der Waals surface area contributed by atoms with Crippen LogP contribution in [0.4, 0.5) is 0 Å². The largest absolute Gasteiger partial charge is 0.497 e. The van der Waals surface area contributed by atoms with E-state index in [0.717, 1.165) is 16.9 Å². The number of ether oxygens (including phenoxy) is 3. The van der Waals surface area contributed by atoms with E-state index in [1.54, 1.807) is 44.4 Å². The molecule has 2 aromatic carbocycles. The molecule has 0 fully saturated rings. The van der Waals surface area contributed by atoms with Gasteiger partial charge in [-0.2, -0.15) is 4.98 Å². The highest BCUT2D eigenvalue weighted by Crippen LogP contribution is 2.23. The van der Waals surface area contributed by atoms with Gasteiger partial charge < -0.3 is 18.7 Å². The number of aromatic nitrogens is 2. The Morgan fingerprint density at radius 2 is 1.96 bits per heavy atom. The fourth-order valence-corrected chi connectivity index (χ4v) is 2.63. The number of carbonyl (C=O) groups excluding carboxylic acids is 1. The summed E-state index contributed by atoms with van der Waals surface area (Å²) in [6, 6.07) is 12.4. The molecule has 1 atom stereocenters. The summed E-state index contributed by atoms with van der Waals surface area (Å²) in [4.78, 5) is 16.4. The second-order valence-electron chi connectivity index (χ2n) is 6.02. The summed E-state index contributed by atoms with van der Waals surface area (Å²) >= 11 is 5.92. The second-order valence-corrected chi connectivity index (χ2v) is 6.45. The molecule has 1 heterocycles. The number of carbonyl (C=O) groups is 1. The highest BCUT2D eigenvalue weighted by molar-refractivity contribution is 6.30. The summed E-state index contributed by atoms with van der Waals surface area (Å²) in [6.07, 6.45) is -0.802. The third-order valence-corrected chi connectivity index (χ3v) is 4.16. The fourth-order valence-electron chi connectivity index (χ4n) is 2.40. The number of rotatable bonds is 7. The Kier molecular flexibility index (Phi) is 6.16.